The van der Waals surface area contributed by atoms with Crippen molar-refractivity contribution in [2.45, 2.75) is 6.54 Å². The van der Waals surface area contributed by atoms with E-state index in [1.165, 1.54) is 0 Å². The van der Waals surface area contributed by atoms with Crippen molar-refractivity contribution in [1.29, 1.82) is 0 Å². The number of halogens is 1. The van der Waals surface area contributed by atoms with Crippen LogP contribution in [0, 0.1) is 0 Å². The fraction of sp³-hybridized carbons (Fsp3) is 0.250. The van der Waals surface area contributed by atoms with E-state index in [1.807, 2.05) is 6.07 Å². The second-order valence-electron chi connectivity index (χ2n) is 1.42. The third-order valence-corrected chi connectivity index (χ3v) is 1.23. The van der Waals surface area contributed by atoms with E-state index in [4.69, 9.17) is 5.73 Å². The van der Waals surface area contributed by atoms with Gasteiger partial charge in [0.2, 0.25) is 0 Å². The largest absolute Gasteiger partial charge is 0.325 e. The number of nitrogens with one attached hydrogen (secondary N) is 1. The quantitative estimate of drug-likeness (QED) is 0.659. The van der Waals surface area contributed by atoms with Gasteiger partial charge in [-0.1, -0.05) is 0 Å². The molecule has 44 valence electrons. The molecule has 0 aromatic carbocycles. The van der Waals surface area contributed by atoms with Crippen LogP contribution in [0.1, 0.15) is 5.69 Å². The molecule has 0 aliphatic carbocycles. The van der Waals surface area contributed by atoms with Gasteiger partial charge in [-0.05, 0) is 22.0 Å². The van der Waals surface area contributed by atoms with Gasteiger partial charge in [-0.15, -0.1) is 0 Å². The minimum absolute atomic E-state index is 0.512. The minimum Gasteiger partial charge on any atom is -0.325 e. The maximum absolute atomic E-state index is 5.27. The number of nitrogens with two attached hydrogens (primary N) is 1. The van der Waals surface area contributed by atoms with Crippen LogP contribution in [-0.4, -0.2) is 10.2 Å². The Labute approximate surface area is 55.4 Å². The number of hydrogen-bond acceptors (Lipinski definition) is 2. The molecule has 0 atom stereocenters. The van der Waals surface area contributed by atoms with Gasteiger partial charge >= 0.3 is 0 Å². The molecule has 3 nitrogen and oxygen atoms in total. The first kappa shape index (κ1) is 5.78. The van der Waals surface area contributed by atoms with Crippen molar-refractivity contribution in [3.8, 4) is 0 Å². The van der Waals surface area contributed by atoms with E-state index in [0.717, 1.165) is 10.3 Å². The molecule has 0 bridgehead atoms. The molecule has 4 heteroatoms. The Morgan fingerprint density at radius 2 is 2.62 bits per heavy atom. The van der Waals surface area contributed by atoms with Crippen molar-refractivity contribution in [3.05, 3.63) is 16.4 Å². The summed E-state index contributed by atoms with van der Waals surface area (Å²) in [5.74, 6) is 0. The molecule has 0 saturated carbocycles. The molecule has 0 unspecified atom stereocenters. The lowest BCUT2D eigenvalue weighted by Gasteiger charge is -1.80. The highest BCUT2D eigenvalue weighted by Crippen LogP contribution is 2.04. The van der Waals surface area contributed by atoms with Crippen LogP contribution in [0.15, 0.2) is 10.7 Å². The standard InChI is InChI=1S/C4H6BrN3/c5-4-1-3(2-6)7-8-4/h1H,2,6H2,(H,7,8). The molecule has 8 heavy (non-hydrogen) atoms. The maximum atomic E-state index is 5.27. The smallest absolute Gasteiger partial charge is 0.128 e. The van der Waals surface area contributed by atoms with Crippen molar-refractivity contribution in [3.63, 3.8) is 0 Å². The highest BCUT2D eigenvalue weighted by molar-refractivity contribution is 9.10. The molecule has 0 amide bonds. The van der Waals surface area contributed by atoms with Crippen LogP contribution >= 0.6 is 15.9 Å². The lowest BCUT2D eigenvalue weighted by Crippen LogP contribution is -1.95. The first-order valence-electron chi connectivity index (χ1n) is 2.23. The zero-order chi connectivity index (χ0) is 5.98. The Balaban J connectivity index is 2.84. The van der Waals surface area contributed by atoms with Crippen molar-refractivity contribution >= 4 is 15.9 Å². The molecule has 1 aromatic heterocycles. The number of aromatic amines is 1. The Kier molecular flexibility index (Phi) is 1.65. The van der Waals surface area contributed by atoms with Gasteiger partial charge in [0.05, 0.1) is 0 Å². The molecule has 3 N–H and O–H groups in total. The fourth-order valence-corrected chi connectivity index (χ4v) is 0.803. The molecule has 1 rings (SSSR count). The van der Waals surface area contributed by atoms with E-state index >= 15 is 0 Å². The van der Waals surface area contributed by atoms with Gasteiger partial charge in [0, 0.05) is 12.2 Å². The van der Waals surface area contributed by atoms with Crippen molar-refractivity contribution in [2.75, 3.05) is 0 Å². The van der Waals surface area contributed by atoms with Crippen LogP contribution in [0.4, 0.5) is 0 Å². The first-order chi connectivity index (χ1) is 3.83. The predicted octanol–water partition coefficient (Wildman–Crippen LogP) is 0.631. The summed E-state index contributed by atoms with van der Waals surface area (Å²) in [5.41, 5.74) is 6.21. The van der Waals surface area contributed by atoms with E-state index in [0.29, 0.717) is 6.54 Å². The molecule has 1 aromatic rings. The molecular formula is C4H6BrN3. The van der Waals surface area contributed by atoms with Gasteiger partial charge in [-0.3, -0.25) is 5.10 Å². The van der Waals surface area contributed by atoms with Crippen LogP contribution in [-0.2, 0) is 6.54 Å². The van der Waals surface area contributed by atoms with Crippen molar-refractivity contribution in [1.82, 2.24) is 10.2 Å². The van der Waals surface area contributed by atoms with Crippen LogP contribution in [0.5, 0.6) is 0 Å². The first-order valence-corrected chi connectivity index (χ1v) is 3.02. The van der Waals surface area contributed by atoms with E-state index in [-0.39, 0.29) is 0 Å². The molecule has 0 fully saturated rings. The van der Waals surface area contributed by atoms with Gasteiger partial charge in [-0.2, -0.15) is 5.10 Å². The summed E-state index contributed by atoms with van der Waals surface area (Å²) in [7, 11) is 0. The lowest BCUT2D eigenvalue weighted by molar-refractivity contribution is 0.943. The number of aromatic nitrogens is 2. The van der Waals surface area contributed by atoms with Gasteiger partial charge in [0.25, 0.3) is 0 Å². The molecular weight excluding hydrogens is 170 g/mol. The second kappa shape index (κ2) is 2.28. The van der Waals surface area contributed by atoms with E-state index in [9.17, 15) is 0 Å². The Morgan fingerprint density at radius 3 is 2.88 bits per heavy atom. The van der Waals surface area contributed by atoms with E-state index in [1.54, 1.807) is 0 Å². The van der Waals surface area contributed by atoms with Gasteiger partial charge < -0.3 is 5.73 Å². The summed E-state index contributed by atoms with van der Waals surface area (Å²) in [6, 6.07) is 1.85. The normalized spacial score (nSPS) is 9.75. The van der Waals surface area contributed by atoms with Gasteiger partial charge in [0.1, 0.15) is 4.60 Å². The topological polar surface area (TPSA) is 54.7 Å². The molecule has 0 aliphatic rings. The SMILES string of the molecule is NCc1cc(Br)n[nH]1. The highest BCUT2D eigenvalue weighted by Gasteiger charge is 1.91. The maximum Gasteiger partial charge on any atom is 0.128 e. The number of rotatable bonds is 1. The zero-order valence-electron chi connectivity index (χ0n) is 4.19. The Bertz CT molecular complexity index is 172. The Hall–Kier alpha value is -0.350. The molecule has 0 radical (unpaired) electrons. The highest BCUT2D eigenvalue weighted by atomic mass is 79.9. The van der Waals surface area contributed by atoms with Crippen LogP contribution in [0.25, 0.3) is 0 Å². The molecule has 1 heterocycles. The summed E-state index contributed by atoms with van der Waals surface area (Å²) >= 11 is 3.18. The third kappa shape index (κ3) is 1.08. The van der Waals surface area contributed by atoms with E-state index in [2.05, 4.69) is 26.1 Å². The average molecular weight is 176 g/mol. The number of nitrogens with zero attached hydrogens (tertiary/aromatic N) is 1. The Morgan fingerprint density at radius 1 is 1.88 bits per heavy atom. The van der Waals surface area contributed by atoms with Crippen LogP contribution in [0.2, 0.25) is 0 Å². The van der Waals surface area contributed by atoms with E-state index < -0.39 is 0 Å². The average Bonchev–Trinajstić information content (AvgIpc) is 2.14. The second-order valence-corrected chi connectivity index (χ2v) is 2.23. The summed E-state index contributed by atoms with van der Waals surface area (Å²) in [6.45, 7) is 0.512. The van der Waals surface area contributed by atoms with Crippen LogP contribution < -0.4 is 5.73 Å². The number of H-pyrrole nitrogens is 1. The predicted molar refractivity (Wildman–Crippen MR) is 34.2 cm³/mol. The molecule has 0 aliphatic heterocycles. The van der Waals surface area contributed by atoms with Crippen molar-refractivity contribution in [2.24, 2.45) is 5.73 Å². The summed E-state index contributed by atoms with van der Waals surface area (Å²) in [5, 5.41) is 6.53. The zero-order valence-corrected chi connectivity index (χ0v) is 5.77. The minimum atomic E-state index is 0.512. The van der Waals surface area contributed by atoms with Gasteiger partial charge in [-0.25, -0.2) is 0 Å². The summed E-state index contributed by atoms with van der Waals surface area (Å²) in [6.07, 6.45) is 0. The fourth-order valence-electron chi connectivity index (χ4n) is 0.438. The summed E-state index contributed by atoms with van der Waals surface area (Å²) < 4.78 is 0.804. The monoisotopic (exact) mass is 175 g/mol. The van der Waals surface area contributed by atoms with Gasteiger partial charge in [0.15, 0.2) is 0 Å². The van der Waals surface area contributed by atoms with Crippen LogP contribution in [0.3, 0.4) is 0 Å². The lowest BCUT2D eigenvalue weighted by atomic mass is 10.4. The summed E-state index contributed by atoms with van der Waals surface area (Å²) in [4.78, 5) is 0. The number of hydrogen-bond donors (Lipinski definition) is 2. The molecule has 0 spiro atoms. The molecule has 0 saturated heterocycles. The van der Waals surface area contributed by atoms with Crippen molar-refractivity contribution < 1.29 is 0 Å². The third-order valence-electron chi connectivity index (χ3n) is 0.820.